The highest BCUT2D eigenvalue weighted by atomic mass is 16.4. The van der Waals surface area contributed by atoms with Crippen LogP contribution in [0.5, 0.6) is 0 Å². The van der Waals surface area contributed by atoms with Crippen LogP contribution in [-0.2, 0) is 16.1 Å². The van der Waals surface area contributed by atoms with Crippen LogP contribution in [0.3, 0.4) is 0 Å². The molecule has 0 aromatic heterocycles. The largest absolute Gasteiger partial charge is 0.481 e. The summed E-state index contributed by atoms with van der Waals surface area (Å²) in [6.07, 6.45) is 1.75. The molecule has 1 aromatic carbocycles. The molecule has 1 aliphatic rings. The van der Waals surface area contributed by atoms with Gasteiger partial charge < -0.3 is 20.6 Å². The van der Waals surface area contributed by atoms with Crippen LogP contribution in [0.15, 0.2) is 24.3 Å². The number of carboxylic acids is 1. The topological polar surface area (TPSA) is 98.7 Å². The highest BCUT2D eigenvalue weighted by Crippen LogP contribution is 2.19. The van der Waals surface area contributed by atoms with Crippen LogP contribution in [0.2, 0.25) is 0 Å². The van der Waals surface area contributed by atoms with Gasteiger partial charge in [-0.3, -0.25) is 9.59 Å². The molecule has 154 valence electrons. The fraction of sp³-hybridized carbons (Fsp3) is 0.571. The minimum atomic E-state index is -0.873. The van der Waals surface area contributed by atoms with E-state index in [1.54, 1.807) is 4.90 Å². The van der Waals surface area contributed by atoms with E-state index >= 15 is 0 Å². The Morgan fingerprint density at radius 3 is 2.50 bits per heavy atom. The van der Waals surface area contributed by atoms with Crippen molar-refractivity contribution in [2.24, 2.45) is 11.8 Å². The molecule has 3 amide bonds. The molecular formula is C21H31N3O4. The number of urea groups is 1. The van der Waals surface area contributed by atoms with Crippen molar-refractivity contribution in [3.05, 3.63) is 35.4 Å². The first-order valence-corrected chi connectivity index (χ1v) is 9.87. The van der Waals surface area contributed by atoms with E-state index in [4.69, 9.17) is 0 Å². The normalized spacial score (nSPS) is 17.9. The zero-order chi connectivity index (χ0) is 20.7. The minimum Gasteiger partial charge on any atom is -0.481 e. The number of aliphatic carboxylic acids is 1. The number of carbonyl (C=O) groups is 3. The Balaban J connectivity index is 1.95. The zero-order valence-electron chi connectivity index (χ0n) is 16.9. The van der Waals surface area contributed by atoms with Crippen molar-refractivity contribution in [1.82, 2.24) is 15.5 Å². The van der Waals surface area contributed by atoms with E-state index < -0.39 is 24.0 Å². The molecule has 2 atom stereocenters. The number of aryl methyl sites for hydroxylation is 1. The number of rotatable bonds is 7. The molecule has 1 saturated heterocycles. The molecule has 28 heavy (non-hydrogen) atoms. The van der Waals surface area contributed by atoms with Gasteiger partial charge in [-0.1, -0.05) is 43.7 Å². The third kappa shape index (κ3) is 6.55. The molecule has 7 heteroatoms. The number of likely N-dealkylation sites (tertiary alicyclic amines) is 1. The van der Waals surface area contributed by atoms with E-state index in [9.17, 15) is 19.5 Å². The van der Waals surface area contributed by atoms with Crippen LogP contribution in [0, 0.1) is 18.8 Å². The van der Waals surface area contributed by atoms with Crippen LogP contribution in [0.4, 0.5) is 4.79 Å². The fourth-order valence-electron chi connectivity index (χ4n) is 3.39. The zero-order valence-corrected chi connectivity index (χ0v) is 16.9. The molecule has 0 spiro atoms. The van der Waals surface area contributed by atoms with E-state index in [-0.39, 0.29) is 18.4 Å². The lowest BCUT2D eigenvalue weighted by atomic mass is 9.96. The number of piperidine rings is 1. The highest BCUT2D eigenvalue weighted by molar-refractivity contribution is 5.87. The van der Waals surface area contributed by atoms with E-state index in [0.717, 1.165) is 11.1 Å². The molecule has 0 bridgehead atoms. The predicted molar refractivity (Wildman–Crippen MR) is 107 cm³/mol. The van der Waals surface area contributed by atoms with Gasteiger partial charge in [0, 0.05) is 19.6 Å². The summed E-state index contributed by atoms with van der Waals surface area (Å²) in [6, 6.07) is 6.81. The molecule has 7 nitrogen and oxygen atoms in total. The van der Waals surface area contributed by atoms with Crippen molar-refractivity contribution < 1.29 is 19.5 Å². The third-order valence-corrected chi connectivity index (χ3v) is 4.97. The molecule has 0 radical (unpaired) electrons. The molecule has 0 saturated carbocycles. The van der Waals surface area contributed by atoms with Crippen molar-refractivity contribution in [3.63, 3.8) is 0 Å². The van der Waals surface area contributed by atoms with E-state index in [2.05, 4.69) is 10.6 Å². The van der Waals surface area contributed by atoms with Crippen molar-refractivity contribution in [2.45, 2.75) is 52.6 Å². The van der Waals surface area contributed by atoms with Gasteiger partial charge in [0.25, 0.3) is 0 Å². The van der Waals surface area contributed by atoms with E-state index in [1.807, 2.05) is 45.0 Å². The molecule has 1 fully saturated rings. The molecule has 3 N–H and O–H groups in total. The van der Waals surface area contributed by atoms with Crippen molar-refractivity contribution in [2.75, 3.05) is 13.1 Å². The van der Waals surface area contributed by atoms with Crippen molar-refractivity contribution in [3.8, 4) is 0 Å². The van der Waals surface area contributed by atoms with Gasteiger partial charge >= 0.3 is 12.0 Å². The van der Waals surface area contributed by atoms with Crippen LogP contribution in [0.25, 0.3) is 0 Å². The van der Waals surface area contributed by atoms with Gasteiger partial charge in [0.2, 0.25) is 5.91 Å². The molecule has 1 heterocycles. The summed E-state index contributed by atoms with van der Waals surface area (Å²) in [4.78, 5) is 38.1. The Bertz CT molecular complexity index is 687. The first kappa shape index (κ1) is 21.7. The summed E-state index contributed by atoms with van der Waals surface area (Å²) < 4.78 is 0. The Kier molecular flexibility index (Phi) is 7.84. The van der Waals surface area contributed by atoms with E-state index in [1.165, 1.54) is 0 Å². The van der Waals surface area contributed by atoms with Crippen molar-refractivity contribution in [1.29, 1.82) is 0 Å². The second-order valence-corrected chi connectivity index (χ2v) is 7.96. The maximum absolute atomic E-state index is 12.9. The number of benzene rings is 1. The summed E-state index contributed by atoms with van der Waals surface area (Å²) in [5, 5.41) is 14.8. The fourth-order valence-corrected chi connectivity index (χ4v) is 3.39. The number of hydrogen-bond donors (Lipinski definition) is 3. The van der Waals surface area contributed by atoms with Crippen LogP contribution >= 0.6 is 0 Å². The molecule has 2 unspecified atom stereocenters. The van der Waals surface area contributed by atoms with Crippen molar-refractivity contribution >= 4 is 17.9 Å². The Morgan fingerprint density at radius 1 is 1.21 bits per heavy atom. The lowest BCUT2D eigenvalue weighted by molar-refractivity contribution is -0.146. The lowest BCUT2D eigenvalue weighted by Crippen LogP contribution is -2.54. The Labute approximate surface area is 166 Å². The molecule has 1 aromatic rings. The summed E-state index contributed by atoms with van der Waals surface area (Å²) in [7, 11) is 0. The molecular weight excluding hydrogens is 358 g/mol. The highest BCUT2D eigenvalue weighted by Gasteiger charge is 2.32. The number of hydrogen-bond acceptors (Lipinski definition) is 3. The number of carbonyl (C=O) groups excluding carboxylic acids is 2. The molecule has 2 rings (SSSR count). The third-order valence-electron chi connectivity index (χ3n) is 4.97. The van der Waals surface area contributed by atoms with Gasteiger partial charge in [-0.15, -0.1) is 0 Å². The Morgan fingerprint density at radius 2 is 1.89 bits per heavy atom. The van der Waals surface area contributed by atoms with Crippen LogP contribution < -0.4 is 10.6 Å². The maximum Gasteiger partial charge on any atom is 0.315 e. The van der Waals surface area contributed by atoms with Gasteiger partial charge in [0.15, 0.2) is 0 Å². The number of nitrogens with one attached hydrogen (secondary N) is 2. The SMILES string of the molecule is Cc1ccc(CNC(=O)NC(CC(C)C)C(=O)N2CCCC(C(=O)O)C2)cc1. The predicted octanol–water partition coefficient (Wildman–Crippen LogP) is 2.53. The van der Waals surface area contributed by atoms with Gasteiger partial charge in [-0.05, 0) is 37.7 Å². The average molecular weight is 389 g/mol. The average Bonchev–Trinajstić information content (AvgIpc) is 2.66. The van der Waals surface area contributed by atoms with Crippen LogP contribution in [-0.4, -0.2) is 47.0 Å². The first-order chi connectivity index (χ1) is 13.3. The second kappa shape index (κ2) is 10.1. The quantitative estimate of drug-likeness (QED) is 0.667. The molecule has 0 aliphatic carbocycles. The minimum absolute atomic E-state index is 0.204. The lowest BCUT2D eigenvalue weighted by Gasteiger charge is -2.34. The maximum atomic E-state index is 12.9. The monoisotopic (exact) mass is 389 g/mol. The summed E-state index contributed by atoms with van der Waals surface area (Å²) >= 11 is 0. The van der Waals surface area contributed by atoms with Gasteiger partial charge in [-0.2, -0.15) is 0 Å². The summed E-state index contributed by atoms with van der Waals surface area (Å²) in [5.41, 5.74) is 2.13. The first-order valence-electron chi connectivity index (χ1n) is 9.87. The molecule has 1 aliphatic heterocycles. The number of carboxylic acid groups (broad SMARTS) is 1. The van der Waals surface area contributed by atoms with E-state index in [0.29, 0.717) is 32.4 Å². The second-order valence-electron chi connectivity index (χ2n) is 7.96. The summed E-state index contributed by atoms with van der Waals surface area (Å²) in [5.74, 6) is -1.40. The Hall–Kier alpha value is -2.57. The van der Waals surface area contributed by atoms with Crippen LogP contribution in [0.1, 0.15) is 44.2 Å². The van der Waals surface area contributed by atoms with Gasteiger partial charge in [-0.25, -0.2) is 4.79 Å². The van der Waals surface area contributed by atoms with Gasteiger partial charge in [0.05, 0.1) is 5.92 Å². The smallest absolute Gasteiger partial charge is 0.315 e. The number of nitrogens with zero attached hydrogens (tertiary/aromatic N) is 1. The standard InChI is InChI=1S/C21H31N3O4/c1-14(2)11-18(19(25)24-10-4-5-17(13-24)20(26)27)23-21(28)22-12-16-8-6-15(3)7-9-16/h6-9,14,17-18H,4-5,10-13H2,1-3H3,(H,26,27)(H2,22,23,28). The van der Waals surface area contributed by atoms with Gasteiger partial charge in [0.1, 0.15) is 6.04 Å². The summed E-state index contributed by atoms with van der Waals surface area (Å²) in [6.45, 7) is 7.09. The number of amides is 3.